The molecule has 8 heteroatoms. The predicted octanol–water partition coefficient (Wildman–Crippen LogP) is 3.32. The fourth-order valence-electron chi connectivity index (χ4n) is 2.41. The van der Waals surface area contributed by atoms with E-state index in [4.69, 9.17) is 5.73 Å². The maximum absolute atomic E-state index is 12.5. The molecule has 0 aliphatic carbocycles. The number of aromatic hydroxyl groups is 1. The van der Waals surface area contributed by atoms with E-state index in [1.54, 1.807) is 29.8 Å². The van der Waals surface area contributed by atoms with Crippen LogP contribution in [0.1, 0.15) is 46.2 Å². The molecule has 0 saturated carbocycles. The normalized spacial score (nSPS) is 10.9. The van der Waals surface area contributed by atoms with Crippen molar-refractivity contribution in [2.45, 2.75) is 19.8 Å². The lowest BCUT2D eigenvalue weighted by Crippen LogP contribution is -2.12. The molecule has 0 saturated heterocycles. The fourth-order valence-corrected chi connectivity index (χ4v) is 3.12. The molecule has 2 amide bonds. The Kier molecular flexibility index (Phi) is 4.77. The Morgan fingerprint density at radius 3 is 2.73 bits per heavy atom. The maximum Gasteiger partial charge on any atom is 0.265 e. The number of nitrogens with two attached hydrogens (primary N) is 1. The zero-order valence-electron chi connectivity index (χ0n) is 14.2. The Hall–Kier alpha value is -3.13. The maximum atomic E-state index is 12.5. The highest BCUT2D eigenvalue weighted by Crippen LogP contribution is 2.28. The van der Waals surface area contributed by atoms with Gasteiger partial charge in [-0.3, -0.25) is 14.9 Å². The van der Waals surface area contributed by atoms with Gasteiger partial charge in [0.25, 0.3) is 11.8 Å². The van der Waals surface area contributed by atoms with Gasteiger partial charge >= 0.3 is 0 Å². The van der Waals surface area contributed by atoms with E-state index in [1.807, 2.05) is 13.8 Å². The highest BCUT2D eigenvalue weighted by molar-refractivity contribution is 7.14. The van der Waals surface area contributed by atoms with Crippen LogP contribution >= 0.6 is 11.3 Å². The second kappa shape index (κ2) is 7.01. The number of phenols is 1. The summed E-state index contributed by atoms with van der Waals surface area (Å²) in [6.45, 7) is 4.02. The lowest BCUT2D eigenvalue weighted by atomic mass is 10.00. The van der Waals surface area contributed by atoms with Crippen molar-refractivity contribution < 1.29 is 14.7 Å². The third kappa shape index (κ3) is 3.60. The SMILES string of the molecule is CC(C)c1ccc(O)c(C(=O)Nc2nc(-c3c[nH]c(C(N)=O)c3)cs2)c1. The van der Waals surface area contributed by atoms with E-state index < -0.39 is 11.8 Å². The van der Waals surface area contributed by atoms with Gasteiger partial charge in [0.15, 0.2) is 5.13 Å². The molecular formula is C18H18N4O3S. The van der Waals surface area contributed by atoms with E-state index in [-0.39, 0.29) is 22.9 Å². The van der Waals surface area contributed by atoms with Crippen LogP contribution in [0.3, 0.4) is 0 Å². The van der Waals surface area contributed by atoms with Crippen molar-refractivity contribution in [3.8, 4) is 17.0 Å². The molecule has 2 aromatic heterocycles. The van der Waals surface area contributed by atoms with Crippen molar-refractivity contribution >= 4 is 28.3 Å². The Balaban J connectivity index is 1.79. The molecule has 0 unspecified atom stereocenters. The molecule has 3 aromatic rings. The van der Waals surface area contributed by atoms with Crippen LogP contribution in [0.2, 0.25) is 0 Å². The van der Waals surface area contributed by atoms with Gasteiger partial charge in [0.05, 0.1) is 11.3 Å². The first-order chi connectivity index (χ1) is 12.3. The van der Waals surface area contributed by atoms with E-state index in [2.05, 4.69) is 15.3 Å². The minimum absolute atomic E-state index is 0.0829. The Morgan fingerprint density at radius 2 is 2.08 bits per heavy atom. The molecule has 3 rings (SSSR count). The van der Waals surface area contributed by atoms with Crippen LogP contribution in [-0.4, -0.2) is 26.9 Å². The van der Waals surface area contributed by atoms with Crippen molar-refractivity contribution in [3.63, 3.8) is 0 Å². The van der Waals surface area contributed by atoms with Crippen LogP contribution in [-0.2, 0) is 0 Å². The van der Waals surface area contributed by atoms with Gasteiger partial charge in [-0.1, -0.05) is 19.9 Å². The van der Waals surface area contributed by atoms with Crippen LogP contribution in [0.5, 0.6) is 5.75 Å². The van der Waals surface area contributed by atoms with Gasteiger partial charge in [0.2, 0.25) is 0 Å². The number of nitrogens with one attached hydrogen (secondary N) is 2. The summed E-state index contributed by atoms with van der Waals surface area (Å²) in [6, 6.07) is 6.58. The molecule has 2 heterocycles. The Labute approximate surface area is 153 Å². The van der Waals surface area contributed by atoms with Crippen LogP contribution in [0.15, 0.2) is 35.8 Å². The van der Waals surface area contributed by atoms with Gasteiger partial charge in [-0.2, -0.15) is 0 Å². The molecule has 0 aliphatic rings. The molecule has 0 aliphatic heterocycles. The summed E-state index contributed by atoms with van der Waals surface area (Å²) in [5.41, 5.74) is 7.96. The van der Waals surface area contributed by atoms with E-state index in [1.165, 1.54) is 17.4 Å². The van der Waals surface area contributed by atoms with Gasteiger partial charge in [-0.15, -0.1) is 11.3 Å². The highest BCUT2D eigenvalue weighted by Gasteiger charge is 2.16. The molecule has 0 radical (unpaired) electrons. The first-order valence-electron chi connectivity index (χ1n) is 7.93. The van der Waals surface area contributed by atoms with Gasteiger partial charge < -0.3 is 15.8 Å². The average Bonchev–Trinajstić information content (AvgIpc) is 3.23. The molecule has 5 N–H and O–H groups in total. The topological polar surface area (TPSA) is 121 Å². The average molecular weight is 370 g/mol. The number of rotatable bonds is 5. The van der Waals surface area contributed by atoms with Crippen LogP contribution in [0.4, 0.5) is 5.13 Å². The summed E-state index contributed by atoms with van der Waals surface area (Å²) in [5.74, 6) is -0.833. The van der Waals surface area contributed by atoms with E-state index in [0.717, 1.165) is 5.56 Å². The lowest BCUT2D eigenvalue weighted by Gasteiger charge is -2.09. The van der Waals surface area contributed by atoms with Gasteiger partial charge in [0, 0.05) is 17.1 Å². The number of carbonyl (C=O) groups is 2. The minimum Gasteiger partial charge on any atom is -0.507 e. The predicted molar refractivity (Wildman–Crippen MR) is 101 cm³/mol. The van der Waals surface area contributed by atoms with Gasteiger partial charge in [-0.25, -0.2) is 4.98 Å². The first-order valence-corrected chi connectivity index (χ1v) is 8.81. The largest absolute Gasteiger partial charge is 0.507 e. The number of carbonyl (C=O) groups excluding carboxylic acids is 2. The summed E-state index contributed by atoms with van der Waals surface area (Å²) in [5, 5.41) is 14.8. The summed E-state index contributed by atoms with van der Waals surface area (Å²) < 4.78 is 0. The molecule has 0 bridgehead atoms. The Bertz CT molecular complexity index is 974. The van der Waals surface area contributed by atoms with E-state index >= 15 is 0 Å². The third-order valence-electron chi connectivity index (χ3n) is 3.90. The number of primary amides is 1. The number of thiazole rings is 1. The summed E-state index contributed by atoms with van der Waals surface area (Å²) >= 11 is 1.25. The monoisotopic (exact) mass is 370 g/mol. The van der Waals surface area contributed by atoms with E-state index in [9.17, 15) is 14.7 Å². The molecule has 0 spiro atoms. The second-order valence-electron chi connectivity index (χ2n) is 6.09. The molecule has 0 fully saturated rings. The number of nitrogens with zero attached hydrogens (tertiary/aromatic N) is 1. The zero-order chi connectivity index (χ0) is 18.8. The summed E-state index contributed by atoms with van der Waals surface area (Å²) in [4.78, 5) is 30.7. The smallest absolute Gasteiger partial charge is 0.265 e. The molecule has 7 nitrogen and oxygen atoms in total. The second-order valence-corrected chi connectivity index (χ2v) is 6.95. The number of aromatic amines is 1. The van der Waals surface area contributed by atoms with Gasteiger partial charge in [0.1, 0.15) is 11.4 Å². The van der Waals surface area contributed by atoms with Crippen molar-refractivity contribution in [1.82, 2.24) is 9.97 Å². The number of benzene rings is 1. The number of hydrogen-bond acceptors (Lipinski definition) is 5. The van der Waals surface area contributed by atoms with Crippen molar-refractivity contribution in [2.75, 3.05) is 5.32 Å². The standard InChI is InChI=1S/C18H18N4O3S/c1-9(2)10-3-4-15(23)12(5-10)17(25)22-18-21-14(8-26-18)11-6-13(16(19)24)20-7-11/h3-9,20,23H,1-2H3,(H2,19,24)(H,21,22,25). The first kappa shape index (κ1) is 17.7. The quantitative estimate of drug-likeness (QED) is 0.550. The molecule has 134 valence electrons. The van der Waals surface area contributed by atoms with E-state index in [0.29, 0.717) is 16.4 Å². The summed E-state index contributed by atoms with van der Waals surface area (Å²) in [7, 11) is 0. The number of hydrogen-bond donors (Lipinski definition) is 4. The molecular weight excluding hydrogens is 352 g/mol. The van der Waals surface area contributed by atoms with Crippen molar-refractivity contribution in [2.24, 2.45) is 5.73 Å². The number of H-pyrrole nitrogens is 1. The van der Waals surface area contributed by atoms with Crippen molar-refractivity contribution in [1.29, 1.82) is 0 Å². The number of aromatic nitrogens is 2. The number of anilines is 1. The fraction of sp³-hybridized carbons (Fsp3) is 0.167. The third-order valence-corrected chi connectivity index (χ3v) is 4.66. The highest BCUT2D eigenvalue weighted by atomic mass is 32.1. The minimum atomic E-state index is -0.555. The lowest BCUT2D eigenvalue weighted by molar-refractivity contribution is 0.0993. The van der Waals surface area contributed by atoms with Crippen LogP contribution < -0.4 is 11.1 Å². The van der Waals surface area contributed by atoms with Crippen molar-refractivity contribution in [3.05, 3.63) is 52.7 Å². The van der Waals surface area contributed by atoms with Crippen LogP contribution in [0, 0.1) is 0 Å². The number of amides is 2. The zero-order valence-corrected chi connectivity index (χ0v) is 15.1. The molecule has 1 aromatic carbocycles. The van der Waals surface area contributed by atoms with Gasteiger partial charge in [-0.05, 0) is 29.7 Å². The molecule has 26 heavy (non-hydrogen) atoms. The molecule has 0 atom stereocenters. The number of phenolic OH excluding ortho intramolecular Hbond substituents is 1. The Morgan fingerprint density at radius 1 is 1.31 bits per heavy atom. The van der Waals surface area contributed by atoms with Crippen LogP contribution in [0.25, 0.3) is 11.3 Å². The summed E-state index contributed by atoms with van der Waals surface area (Å²) in [6.07, 6.45) is 1.62.